The summed E-state index contributed by atoms with van der Waals surface area (Å²) in [5.41, 5.74) is 3.22. The minimum absolute atomic E-state index is 0.119. The summed E-state index contributed by atoms with van der Waals surface area (Å²) in [4.78, 5) is 18.6. The Kier molecular flexibility index (Phi) is 4.85. The van der Waals surface area contributed by atoms with E-state index in [1.54, 1.807) is 29.5 Å². The molecule has 0 saturated carbocycles. The standard InChI is InChI=1S/C22H18N2O2S/c25-16-6-3-5-15(13-16)10-11-23-22(26)18-14-20(21-9-4-12-27-21)24-19-8-2-1-7-17(18)19/h1-9,12-14,25H,10-11H2,(H,23,26). The van der Waals surface area contributed by atoms with Gasteiger partial charge in [0, 0.05) is 11.9 Å². The lowest BCUT2D eigenvalue weighted by Gasteiger charge is -2.10. The second-order valence-electron chi connectivity index (χ2n) is 6.23. The van der Waals surface area contributed by atoms with Gasteiger partial charge < -0.3 is 10.4 Å². The number of nitrogens with one attached hydrogen (secondary N) is 1. The predicted molar refractivity (Wildman–Crippen MR) is 109 cm³/mol. The summed E-state index contributed by atoms with van der Waals surface area (Å²) in [6, 6.07) is 20.6. The number of benzene rings is 2. The highest BCUT2D eigenvalue weighted by molar-refractivity contribution is 7.13. The van der Waals surface area contributed by atoms with Crippen molar-refractivity contribution in [3.05, 3.63) is 83.2 Å². The summed E-state index contributed by atoms with van der Waals surface area (Å²) < 4.78 is 0. The molecule has 2 aromatic carbocycles. The van der Waals surface area contributed by atoms with Crippen LogP contribution in [0, 0.1) is 0 Å². The molecule has 2 N–H and O–H groups in total. The summed E-state index contributed by atoms with van der Waals surface area (Å²) in [6.45, 7) is 0.493. The number of rotatable bonds is 5. The lowest BCUT2D eigenvalue weighted by atomic mass is 10.1. The van der Waals surface area contributed by atoms with E-state index in [9.17, 15) is 9.90 Å². The molecule has 0 atom stereocenters. The van der Waals surface area contributed by atoms with Crippen LogP contribution in [0.1, 0.15) is 15.9 Å². The Morgan fingerprint density at radius 3 is 2.74 bits per heavy atom. The van der Waals surface area contributed by atoms with Crippen LogP contribution in [0.3, 0.4) is 0 Å². The fraction of sp³-hybridized carbons (Fsp3) is 0.0909. The molecule has 1 amide bonds. The van der Waals surface area contributed by atoms with Gasteiger partial charge in [0.15, 0.2) is 0 Å². The molecule has 134 valence electrons. The number of amides is 1. The summed E-state index contributed by atoms with van der Waals surface area (Å²) in [7, 11) is 0. The first-order valence-electron chi connectivity index (χ1n) is 8.70. The monoisotopic (exact) mass is 374 g/mol. The molecule has 0 unspecified atom stereocenters. The number of carbonyl (C=O) groups is 1. The van der Waals surface area contributed by atoms with Crippen molar-refractivity contribution < 1.29 is 9.90 Å². The summed E-state index contributed by atoms with van der Waals surface area (Å²) in [5.74, 6) is 0.117. The van der Waals surface area contributed by atoms with E-state index in [-0.39, 0.29) is 11.7 Å². The van der Waals surface area contributed by atoms with Crippen LogP contribution in [-0.4, -0.2) is 22.5 Å². The smallest absolute Gasteiger partial charge is 0.252 e. The van der Waals surface area contributed by atoms with Gasteiger partial charge in [0.2, 0.25) is 0 Å². The lowest BCUT2D eigenvalue weighted by Crippen LogP contribution is -2.26. The van der Waals surface area contributed by atoms with Crippen LogP contribution in [0.25, 0.3) is 21.5 Å². The third-order valence-electron chi connectivity index (χ3n) is 4.34. The van der Waals surface area contributed by atoms with Crippen molar-refractivity contribution in [1.29, 1.82) is 0 Å². The Morgan fingerprint density at radius 2 is 1.93 bits per heavy atom. The Morgan fingerprint density at radius 1 is 1.04 bits per heavy atom. The number of fused-ring (bicyclic) bond motifs is 1. The third-order valence-corrected chi connectivity index (χ3v) is 5.24. The molecular weight excluding hydrogens is 356 g/mol. The quantitative estimate of drug-likeness (QED) is 0.535. The van der Waals surface area contributed by atoms with Crippen molar-refractivity contribution in [2.45, 2.75) is 6.42 Å². The van der Waals surface area contributed by atoms with Gasteiger partial charge in [0.1, 0.15) is 5.75 Å². The molecule has 4 aromatic rings. The summed E-state index contributed by atoms with van der Waals surface area (Å²) in [6.07, 6.45) is 0.654. The summed E-state index contributed by atoms with van der Waals surface area (Å²) in [5, 5.41) is 15.4. The van der Waals surface area contributed by atoms with E-state index in [2.05, 4.69) is 5.32 Å². The molecule has 2 aromatic heterocycles. The van der Waals surface area contributed by atoms with Crippen LogP contribution in [0.5, 0.6) is 5.75 Å². The SMILES string of the molecule is O=C(NCCc1cccc(O)c1)c1cc(-c2cccs2)nc2ccccc12. The maximum absolute atomic E-state index is 12.9. The number of nitrogens with zero attached hydrogens (tertiary/aromatic N) is 1. The van der Waals surface area contributed by atoms with Crippen molar-refractivity contribution in [3.8, 4) is 16.3 Å². The molecule has 0 aliphatic carbocycles. The van der Waals surface area contributed by atoms with Gasteiger partial charge in [-0.1, -0.05) is 36.4 Å². The number of hydrogen-bond donors (Lipinski definition) is 2. The molecular formula is C22H18N2O2S. The lowest BCUT2D eigenvalue weighted by molar-refractivity contribution is 0.0956. The van der Waals surface area contributed by atoms with Crippen molar-refractivity contribution in [2.75, 3.05) is 6.54 Å². The first kappa shape index (κ1) is 17.2. The number of pyridine rings is 1. The van der Waals surface area contributed by atoms with Gasteiger partial charge in [-0.15, -0.1) is 11.3 Å². The third kappa shape index (κ3) is 3.83. The Hall–Kier alpha value is -3.18. The first-order valence-corrected chi connectivity index (χ1v) is 9.58. The zero-order chi connectivity index (χ0) is 18.6. The minimum atomic E-state index is -0.119. The molecule has 0 fully saturated rings. The number of aromatic hydroxyl groups is 1. The molecule has 4 nitrogen and oxygen atoms in total. The average Bonchev–Trinajstić information content (AvgIpc) is 3.22. The van der Waals surface area contributed by atoms with Crippen molar-refractivity contribution in [3.63, 3.8) is 0 Å². The Labute approximate surface area is 161 Å². The van der Waals surface area contributed by atoms with Gasteiger partial charge in [-0.25, -0.2) is 4.98 Å². The Bertz CT molecular complexity index is 1090. The highest BCUT2D eigenvalue weighted by atomic mass is 32.1. The van der Waals surface area contributed by atoms with Crippen molar-refractivity contribution >= 4 is 28.1 Å². The zero-order valence-electron chi connectivity index (χ0n) is 14.6. The van der Waals surface area contributed by atoms with E-state index in [0.29, 0.717) is 18.5 Å². The van der Waals surface area contributed by atoms with Crippen molar-refractivity contribution in [2.24, 2.45) is 0 Å². The molecule has 0 radical (unpaired) electrons. The highest BCUT2D eigenvalue weighted by Gasteiger charge is 2.14. The van der Waals surface area contributed by atoms with Crippen LogP contribution in [0.4, 0.5) is 0 Å². The van der Waals surface area contributed by atoms with Gasteiger partial charge >= 0.3 is 0 Å². The van der Waals surface area contributed by atoms with Gasteiger partial charge in [0.25, 0.3) is 5.91 Å². The van der Waals surface area contributed by atoms with E-state index in [0.717, 1.165) is 27.0 Å². The van der Waals surface area contributed by atoms with Gasteiger partial charge in [-0.2, -0.15) is 0 Å². The molecule has 0 bridgehead atoms. The molecule has 0 aliphatic heterocycles. The molecule has 2 heterocycles. The number of phenols is 1. The van der Waals surface area contributed by atoms with E-state index < -0.39 is 0 Å². The van der Waals surface area contributed by atoms with E-state index in [4.69, 9.17) is 4.98 Å². The van der Waals surface area contributed by atoms with Gasteiger partial charge in [0.05, 0.1) is 21.7 Å². The largest absolute Gasteiger partial charge is 0.508 e. The molecule has 0 spiro atoms. The molecule has 0 saturated heterocycles. The minimum Gasteiger partial charge on any atom is -0.508 e. The van der Waals surface area contributed by atoms with Gasteiger partial charge in [-0.05, 0) is 47.7 Å². The number of para-hydroxylation sites is 1. The Balaban J connectivity index is 1.59. The fourth-order valence-corrected chi connectivity index (χ4v) is 3.73. The van der Waals surface area contributed by atoms with Crippen LogP contribution in [-0.2, 0) is 6.42 Å². The number of hydrogen-bond acceptors (Lipinski definition) is 4. The first-order chi connectivity index (χ1) is 13.2. The fourth-order valence-electron chi connectivity index (χ4n) is 3.04. The van der Waals surface area contributed by atoms with Crippen LogP contribution >= 0.6 is 11.3 Å². The number of thiophene rings is 1. The topological polar surface area (TPSA) is 62.2 Å². The van der Waals surface area contributed by atoms with E-state index in [1.807, 2.05) is 53.9 Å². The van der Waals surface area contributed by atoms with E-state index >= 15 is 0 Å². The van der Waals surface area contributed by atoms with Crippen LogP contribution in [0.2, 0.25) is 0 Å². The van der Waals surface area contributed by atoms with Crippen LogP contribution in [0.15, 0.2) is 72.1 Å². The average molecular weight is 374 g/mol. The van der Waals surface area contributed by atoms with Gasteiger partial charge in [-0.3, -0.25) is 4.79 Å². The maximum atomic E-state index is 12.9. The van der Waals surface area contributed by atoms with Crippen molar-refractivity contribution in [1.82, 2.24) is 10.3 Å². The highest BCUT2D eigenvalue weighted by Crippen LogP contribution is 2.27. The number of carbonyl (C=O) groups excluding carboxylic acids is 1. The molecule has 5 heteroatoms. The second-order valence-corrected chi connectivity index (χ2v) is 7.17. The zero-order valence-corrected chi connectivity index (χ0v) is 15.4. The number of phenolic OH excluding ortho intramolecular Hbond substituents is 1. The summed E-state index contributed by atoms with van der Waals surface area (Å²) >= 11 is 1.60. The maximum Gasteiger partial charge on any atom is 0.252 e. The molecule has 27 heavy (non-hydrogen) atoms. The molecule has 0 aliphatic rings. The predicted octanol–water partition coefficient (Wildman–Crippen LogP) is 4.64. The van der Waals surface area contributed by atoms with E-state index in [1.165, 1.54) is 0 Å². The second kappa shape index (κ2) is 7.60. The molecule has 4 rings (SSSR count). The normalized spacial score (nSPS) is 10.8. The number of aromatic nitrogens is 1. The van der Waals surface area contributed by atoms with Crippen LogP contribution < -0.4 is 5.32 Å².